The number of nitrogens with zero attached hydrogens (tertiary/aromatic N) is 3. The largest absolute Gasteiger partial charge is 0.415 e. The molecule has 0 radical (unpaired) electrons. The summed E-state index contributed by atoms with van der Waals surface area (Å²) in [4.78, 5) is 17.0. The van der Waals surface area contributed by atoms with Crippen molar-refractivity contribution in [2.24, 2.45) is 5.92 Å². The van der Waals surface area contributed by atoms with E-state index in [2.05, 4.69) is 20.1 Å². The number of anilines is 1. The number of amides is 1. The topological polar surface area (TPSA) is 69.0 Å². The molecule has 11 heteroatoms. The molecule has 1 amide bonds. The Hall–Kier alpha value is -2.30. The van der Waals surface area contributed by atoms with Gasteiger partial charge in [0.1, 0.15) is 5.69 Å². The number of pyridine rings is 1. The van der Waals surface area contributed by atoms with Crippen LogP contribution in [-0.2, 0) is 6.54 Å². The molecule has 2 heterocycles. The van der Waals surface area contributed by atoms with Crippen LogP contribution in [0, 0.1) is 12.8 Å². The lowest BCUT2D eigenvalue weighted by molar-refractivity contribution is -0.0536. The number of carbonyl (C=O) groups is 1. The standard InChI is InChI=1S/C18H20F4N4O2S/c1-10-14(15(27)24-12-4-6-23-13(7-12)29-2)26(25-16(10)28-17(19)20)9-11-3-5-18(21,22)8-11/h4,6-7,11,17H,3,5,8-9H2,1-2H3,(H,23,24,27). The van der Waals surface area contributed by atoms with Crippen molar-refractivity contribution < 1.29 is 27.1 Å². The van der Waals surface area contributed by atoms with E-state index in [1.54, 1.807) is 12.1 Å². The monoisotopic (exact) mass is 432 g/mol. The Labute approximate surface area is 169 Å². The number of hydrogen-bond donors (Lipinski definition) is 1. The minimum Gasteiger partial charge on any atom is -0.415 e. The highest BCUT2D eigenvalue weighted by Gasteiger charge is 2.40. The molecule has 0 bridgehead atoms. The fourth-order valence-electron chi connectivity index (χ4n) is 3.38. The molecule has 6 nitrogen and oxygen atoms in total. The average molecular weight is 432 g/mol. The van der Waals surface area contributed by atoms with Crippen molar-refractivity contribution in [3.63, 3.8) is 0 Å². The number of hydrogen-bond acceptors (Lipinski definition) is 5. The van der Waals surface area contributed by atoms with Crippen LogP contribution in [0.1, 0.15) is 35.3 Å². The highest BCUT2D eigenvalue weighted by atomic mass is 32.2. The molecule has 1 atom stereocenters. The molecular formula is C18H20F4N4O2S. The molecule has 1 aliphatic carbocycles. The van der Waals surface area contributed by atoms with E-state index in [0.29, 0.717) is 10.7 Å². The molecule has 29 heavy (non-hydrogen) atoms. The van der Waals surface area contributed by atoms with Gasteiger partial charge in [0, 0.05) is 36.8 Å². The van der Waals surface area contributed by atoms with Crippen molar-refractivity contribution >= 4 is 23.4 Å². The van der Waals surface area contributed by atoms with Gasteiger partial charge in [0.15, 0.2) is 0 Å². The Balaban J connectivity index is 1.88. The van der Waals surface area contributed by atoms with Crippen LogP contribution in [0.3, 0.4) is 0 Å². The van der Waals surface area contributed by atoms with Crippen LogP contribution in [0.5, 0.6) is 5.88 Å². The van der Waals surface area contributed by atoms with E-state index in [0.717, 1.165) is 0 Å². The third-order valence-corrected chi connectivity index (χ3v) is 5.34. The highest BCUT2D eigenvalue weighted by molar-refractivity contribution is 7.98. The van der Waals surface area contributed by atoms with Gasteiger partial charge in [-0.2, -0.15) is 8.78 Å². The lowest BCUT2D eigenvalue weighted by Gasteiger charge is -2.13. The molecule has 1 unspecified atom stereocenters. The normalized spacial score (nSPS) is 18.2. The van der Waals surface area contributed by atoms with E-state index in [1.807, 2.05) is 6.26 Å². The van der Waals surface area contributed by atoms with Crippen LogP contribution in [0.2, 0.25) is 0 Å². The zero-order valence-corrected chi connectivity index (χ0v) is 16.6. The van der Waals surface area contributed by atoms with Crippen molar-refractivity contribution in [3.8, 4) is 5.88 Å². The van der Waals surface area contributed by atoms with Crippen molar-refractivity contribution in [1.29, 1.82) is 0 Å². The van der Waals surface area contributed by atoms with E-state index >= 15 is 0 Å². The van der Waals surface area contributed by atoms with Gasteiger partial charge in [-0.25, -0.2) is 13.8 Å². The second-order valence-electron chi connectivity index (χ2n) is 6.85. The summed E-state index contributed by atoms with van der Waals surface area (Å²) >= 11 is 1.39. The van der Waals surface area contributed by atoms with Crippen LogP contribution >= 0.6 is 11.8 Å². The Morgan fingerprint density at radius 1 is 1.48 bits per heavy atom. The Bertz CT molecular complexity index is 891. The highest BCUT2D eigenvalue weighted by Crippen LogP contribution is 2.40. The minimum absolute atomic E-state index is 0.00150. The number of halogens is 4. The molecule has 158 valence electrons. The third kappa shape index (κ3) is 5.20. The number of aromatic nitrogens is 3. The summed E-state index contributed by atoms with van der Waals surface area (Å²) in [5.74, 6) is -4.17. The SMILES string of the molecule is CSc1cc(NC(=O)c2c(C)c(OC(F)F)nn2CC2CCC(F)(F)C2)ccn1. The molecule has 2 aromatic heterocycles. The number of carbonyl (C=O) groups excluding carboxylic acids is 1. The van der Waals surface area contributed by atoms with Gasteiger partial charge in [0.25, 0.3) is 5.91 Å². The number of alkyl halides is 4. The second kappa shape index (κ2) is 8.60. The van der Waals surface area contributed by atoms with Gasteiger partial charge in [-0.1, -0.05) is 0 Å². The van der Waals surface area contributed by atoms with Gasteiger partial charge < -0.3 is 10.1 Å². The molecule has 1 N–H and O–H groups in total. The predicted molar refractivity (Wildman–Crippen MR) is 99.9 cm³/mol. The first kappa shape index (κ1) is 21.4. The first-order valence-corrected chi connectivity index (χ1v) is 10.1. The van der Waals surface area contributed by atoms with E-state index in [1.165, 1.54) is 29.6 Å². The van der Waals surface area contributed by atoms with Crippen LogP contribution in [0.25, 0.3) is 0 Å². The second-order valence-corrected chi connectivity index (χ2v) is 7.67. The van der Waals surface area contributed by atoms with Gasteiger partial charge in [0.05, 0.1) is 5.03 Å². The van der Waals surface area contributed by atoms with Gasteiger partial charge in [-0.05, 0) is 37.7 Å². The van der Waals surface area contributed by atoms with Gasteiger partial charge in [0.2, 0.25) is 11.8 Å². The van der Waals surface area contributed by atoms with Gasteiger partial charge >= 0.3 is 6.61 Å². The van der Waals surface area contributed by atoms with Gasteiger partial charge in [-0.15, -0.1) is 16.9 Å². The zero-order chi connectivity index (χ0) is 21.2. The van der Waals surface area contributed by atoms with E-state index < -0.39 is 30.2 Å². The van der Waals surface area contributed by atoms with Crippen LogP contribution in [0.4, 0.5) is 23.2 Å². The number of rotatable bonds is 7. The van der Waals surface area contributed by atoms with E-state index in [9.17, 15) is 22.4 Å². The molecular weight excluding hydrogens is 412 g/mol. The first-order chi connectivity index (χ1) is 13.7. The number of thioether (sulfide) groups is 1. The number of nitrogens with one attached hydrogen (secondary N) is 1. The molecule has 1 aliphatic rings. The maximum absolute atomic E-state index is 13.5. The lowest BCUT2D eigenvalue weighted by Crippen LogP contribution is -2.21. The third-order valence-electron chi connectivity index (χ3n) is 4.70. The molecule has 0 saturated heterocycles. The summed E-state index contributed by atoms with van der Waals surface area (Å²) < 4.78 is 58.0. The average Bonchev–Trinajstić information content (AvgIpc) is 3.13. The van der Waals surface area contributed by atoms with Crippen molar-refractivity contribution in [3.05, 3.63) is 29.6 Å². The minimum atomic E-state index is -3.12. The van der Waals surface area contributed by atoms with Crippen molar-refractivity contribution in [2.75, 3.05) is 11.6 Å². The molecule has 0 aromatic carbocycles. The Morgan fingerprint density at radius 2 is 2.24 bits per heavy atom. The van der Waals surface area contributed by atoms with Crippen LogP contribution in [-0.4, -0.2) is 39.5 Å². The molecule has 3 rings (SSSR count). The maximum atomic E-state index is 13.5. The molecule has 0 spiro atoms. The van der Waals surface area contributed by atoms with E-state index in [-0.39, 0.29) is 37.1 Å². The molecule has 0 aliphatic heterocycles. The lowest BCUT2D eigenvalue weighted by atomic mass is 10.1. The molecule has 1 fully saturated rings. The summed E-state index contributed by atoms with van der Waals surface area (Å²) in [6.07, 6.45) is 3.04. The molecule has 2 aromatic rings. The van der Waals surface area contributed by atoms with E-state index in [4.69, 9.17) is 0 Å². The summed E-state index contributed by atoms with van der Waals surface area (Å²) in [6.45, 7) is -1.68. The smallest absolute Gasteiger partial charge is 0.388 e. The van der Waals surface area contributed by atoms with Crippen LogP contribution < -0.4 is 10.1 Å². The maximum Gasteiger partial charge on any atom is 0.388 e. The Morgan fingerprint density at radius 3 is 2.86 bits per heavy atom. The van der Waals surface area contributed by atoms with Crippen molar-refractivity contribution in [2.45, 2.75) is 50.3 Å². The summed E-state index contributed by atoms with van der Waals surface area (Å²) in [7, 11) is 0. The van der Waals surface area contributed by atoms with Gasteiger partial charge in [-0.3, -0.25) is 9.48 Å². The summed E-state index contributed by atoms with van der Waals surface area (Å²) in [5, 5.41) is 7.31. The number of ether oxygens (including phenoxy) is 1. The molecule has 1 saturated carbocycles. The van der Waals surface area contributed by atoms with Crippen molar-refractivity contribution in [1.82, 2.24) is 14.8 Å². The summed E-state index contributed by atoms with van der Waals surface area (Å²) in [5.41, 5.74) is 0.579. The Kier molecular flexibility index (Phi) is 6.35. The summed E-state index contributed by atoms with van der Waals surface area (Å²) in [6, 6.07) is 3.24. The fourth-order valence-corrected chi connectivity index (χ4v) is 3.79. The zero-order valence-electron chi connectivity index (χ0n) is 15.8. The predicted octanol–water partition coefficient (Wildman–Crippen LogP) is 4.60. The fraction of sp³-hybridized carbons (Fsp3) is 0.500. The first-order valence-electron chi connectivity index (χ1n) is 8.90. The quantitative estimate of drug-likeness (QED) is 0.512. The van der Waals surface area contributed by atoms with Crippen LogP contribution in [0.15, 0.2) is 23.4 Å².